The number of imidazole rings is 1. The van der Waals surface area contributed by atoms with Gasteiger partial charge in [0.15, 0.2) is 0 Å². The number of nitrogens with zero attached hydrogens (tertiary/aromatic N) is 4. The van der Waals surface area contributed by atoms with Gasteiger partial charge in [0.25, 0.3) is 5.69 Å². The second-order valence-corrected chi connectivity index (χ2v) is 4.79. The van der Waals surface area contributed by atoms with E-state index in [1.807, 2.05) is 30.3 Å². The number of rotatable bonds is 4. The fourth-order valence-electron chi connectivity index (χ4n) is 2.06. The lowest BCUT2D eigenvalue weighted by Crippen LogP contribution is -1.96. The summed E-state index contributed by atoms with van der Waals surface area (Å²) in [6.45, 7) is 0. The van der Waals surface area contributed by atoms with Crippen molar-refractivity contribution < 1.29 is 4.92 Å². The van der Waals surface area contributed by atoms with Crippen LogP contribution >= 0.6 is 0 Å². The summed E-state index contributed by atoms with van der Waals surface area (Å²) < 4.78 is 1.43. The van der Waals surface area contributed by atoms with Crippen molar-refractivity contribution in [3.63, 3.8) is 0 Å². The molecule has 0 aliphatic carbocycles. The molecule has 0 bridgehead atoms. The van der Waals surface area contributed by atoms with Gasteiger partial charge in [-0.15, -0.1) is 0 Å². The quantitative estimate of drug-likeness (QED) is 0.455. The number of nitrogen functional groups attached to an aromatic ring is 1. The SMILES string of the molecule is Nc1nc(-c2cccc([N+](=O)[O-])c2)cn1N=Cc1ccccc1. The monoisotopic (exact) mass is 307 g/mol. The lowest BCUT2D eigenvalue weighted by molar-refractivity contribution is -0.384. The van der Waals surface area contributed by atoms with Crippen LogP contribution in [0.1, 0.15) is 5.56 Å². The zero-order chi connectivity index (χ0) is 16.2. The summed E-state index contributed by atoms with van der Waals surface area (Å²) in [4.78, 5) is 14.6. The van der Waals surface area contributed by atoms with Gasteiger partial charge < -0.3 is 5.73 Å². The van der Waals surface area contributed by atoms with E-state index in [0.717, 1.165) is 5.56 Å². The van der Waals surface area contributed by atoms with Crippen LogP contribution in [0.15, 0.2) is 65.9 Å². The van der Waals surface area contributed by atoms with Crippen molar-refractivity contribution in [1.29, 1.82) is 0 Å². The molecule has 3 rings (SSSR count). The van der Waals surface area contributed by atoms with Crippen molar-refractivity contribution in [2.24, 2.45) is 5.10 Å². The van der Waals surface area contributed by atoms with E-state index in [-0.39, 0.29) is 11.6 Å². The minimum Gasteiger partial charge on any atom is -0.368 e. The highest BCUT2D eigenvalue weighted by molar-refractivity contribution is 5.79. The maximum absolute atomic E-state index is 10.8. The van der Waals surface area contributed by atoms with Crippen LogP contribution in [0.5, 0.6) is 0 Å². The number of hydrogen-bond donors (Lipinski definition) is 1. The largest absolute Gasteiger partial charge is 0.368 e. The van der Waals surface area contributed by atoms with Gasteiger partial charge in [0.05, 0.1) is 23.0 Å². The van der Waals surface area contributed by atoms with Crippen molar-refractivity contribution in [3.8, 4) is 11.3 Å². The van der Waals surface area contributed by atoms with E-state index in [9.17, 15) is 10.1 Å². The van der Waals surface area contributed by atoms with Crippen molar-refractivity contribution in [3.05, 3.63) is 76.5 Å². The van der Waals surface area contributed by atoms with Gasteiger partial charge in [-0.05, 0) is 5.56 Å². The van der Waals surface area contributed by atoms with Gasteiger partial charge in [0.1, 0.15) is 0 Å². The third-order valence-corrected chi connectivity index (χ3v) is 3.20. The zero-order valence-corrected chi connectivity index (χ0v) is 12.0. The van der Waals surface area contributed by atoms with Crippen LogP contribution in [-0.4, -0.2) is 20.8 Å². The summed E-state index contributed by atoms with van der Waals surface area (Å²) in [6, 6.07) is 15.8. The number of nitrogens with two attached hydrogens (primary N) is 1. The third-order valence-electron chi connectivity index (χ3n) is 3.20. The van der Waals surface area contributed by atoms with Gasteiger partial charge in [-0.25, -0.2) is 9.66 Å². The lowest BCUT2D eigenvalue weighted by atomic mass is 10.1. The molecule has 0 saturated carbocycles. The van der Waals surface area contributed by atoms with Crippen LogP contribution in [0.4, 0.5) is 11.6 Å². The van der Waals surface area contributed by atoms with Crippen LogP contribution < -0.4 is 5.73 Å². The molecule has 0 aliphatic heterocycles. The van der Waals surface area contributed by atoms with Gasteiger partial charge in [0.2, 0.25) is 5.95 Å². The first-order chi connectivity index (χ1) is 11.1. The second-order valence-electron chi connectivity index (χ2n) is 4.79. The van der Waals surface area contributed by atoms with Crippen LogP contribution in [0, 0.1) is 10.1 Å². The van der Waals surface area contributed by atoms with E-state index >= 15 is 0 Å². The standard InChI is InChI=1S/C16H13N5O2/c17-16-19-15(13-7-4-8-14(9-13)21(22)23)11-20(16)18-10-12-5-2-1-3-6-12/h1-11H,(H2,17,19). The molecule has 0 unspecified atom stereocenters. The number of aromatic nitrogens is 2. The molecule has 0 spiro atoms. The summed E-state index contributed by atoms with van der Waals surface area (Å²) in [7, 11) is 0. The molecule has 7 heteroatoms. The van der Waals surface area contributed by atoms with E-state index in [4.69, 9.17) is 5.73 Å². The van der Waals surface area contributed by atoms with Crippen molar-refractivity contribution >= 4 is 17.9 Å². The van der Waals surface area contributed by atoms with Crippen LogP contribution in [0.2, 0.25) is 0 Å². The molecule has 0 radical (unpaired) electrons. The molecular weight excluding hydrogens is 294 g/mol. The molecule has 0 amide bonds. The number of anilines is 1. The maximum Gasteiger partial charge on any atom is 0.270 e. The number of non-ortho nitro benzene ring substituents is 1. The van der Waals surface area contributed by atoms with Gasteiger partial charge in [-0.3, -0.25) is 10.1 Å². The van der Waals surface area contributed by atoms with Gasteiger partial charge >= 0.3 is 0 Å². The fraction of sp³-hybridized carbons (Fsp3) is 0. The van der Waals surface area contributed by atoms with E-state index in [0.29, 0.717) is 11.3 Å². The Hall–Kier alpha value is -3.48. The summed E-state index contributed by atoms with van der Waals surface area (Å²) in [5.74, 6) is 0.207. The molecule has 23 heavy (non-hydrogen) atoms. The highest BCUT2D eigenvalue weighted by atomic mass is 16.6. The molecule has 3 aromatic rings. The number of benzene rings is 2. The molecule has 2 aromatic carbocycles. The first-order valence-corrected chi connectivity index (χ1v) is 6.82. The van der Waals surface area contributed by atoms with Gasteiger partial charge in [0, 0.05) is 17.7 Å². The average molecular weight is 307 g/mol. The molecule has 0 aliphatic rings. The normalized spacial score (nSPS) is 11.0. The molecule has 0 saturated heterocycles. The molecule has 0 atom stereocenters. The molecule has 114 valence electrons. The third kappa shape index (κ3) is 3.24. The maximum atomic E-state index is 10.8. The van der Waals surface area contributed by atoms with Crippen molar-refractivity contribution in [2.45, 2.75) is 0 Å². The predicted octanol–water partition coefficient (Wildman–Crippen LogP) is 2.92. The molecule has 2 N–H and O–H groups in total. The van der Waals surface area contributed by atoms with Crippen LogP contribution in [0.25, 0.3) is 11.3 Å². The lowest BCUT2D eigenvalue weighted by Gasteiger charge is -1.96. The van der Waals surface area contributed by atoms with Gasteiger partial charge in [-0.2, -0.15) is 5.10 Å². The Bertz CT molecular complexity index is 871. The highest BCUT2D eigenvalue weighted by Crippen LogP contribution is 2.23. The van der Waals surface area contributed by atoms with E-state index in [1.54, 1.807) is 24.5 Å². The Kier molecular flexibility index (Phi) is 3.84. The highest BCUT2D eigenvalue weighted by Gasteiger charge is 2.11. The van der Waals surface area contributed by atoms with Crippen molar-refractivity contribution in [2.75, 3.05) is 5.73 Å². The van der Waals surface area contributed by atoms with E-state index in [2.05, 4.69) is 10.1 Å². The first-order valence-electron chi connectivity index (χ1n) is 6.82. The fourth-order valence-corrected chi connectivity index (χ4v) is 2.06. The van der Waals surface area contributed by atoms with Crippen LogP contribution in [0.3, 0.4) is 0 Å². The average Bonchev–Trinajstić information content (AvgIpc) is 2.95. The Balaban J connectivity index is 1.91. The number of nitro groups is 1. The van der Waals surface area contributed by atoms with Crippen LogP contribution in [-0.2, 0) is 0 Å². The Morgan fingerprint density at radius 3 is 2.70 bits per heavy atom. The Labute approximate surface area is 131 Å². The molecule has 7 nitrogen and oxygen atoms in total. The minimum absolute atomic E-state index is 0.00316. The molecule has 1 aromatic heterocycles. The minimum atomic E-state index is -0.447. The van der Waals surface area contributed by atoms with Gasteiger partial charge in [-0.1, -0.05) is 42.5 Å². The molecule has 1 heterocycles. The summed E-state index contributed by atoms with van der Waals surface area (Å²) in [6.07, 6.45) is 3.29. The van der Waals surface area contributed by atoms with E-state index in [1.165, 1.54) is 16.8 Å². The van der Waals surface area contributed by atoms with E-state index < -0.39 is 4.92 Å². The smallest absolute Gasteiger partial charge is 0.270 e. The number of hydrogen-bond acceptors (Lipinski definition) is 5. The Morgan fingerprint density at radius 1 is 1.17 bits per heavy atom. The second kappa shape index (κ2) is 6.10. The summed E-state index contributed by atoms with van der Waals surface area (Å²) in [5, 5.41) is 15.1. The molecule has 0 fully saturated rings. The molecular formula is C16H13N5O2. The zero-order valence-electron chi connectivity index (χ0n) is 12.0. The van der Waals surface area contributed by atoms with Crippen molar-refractivity contribution in [1.82, 2.24) is 9.66 Å². The predicted molar refractivity (Wildman–Crippen MR) is 88.2 cm³/mol. The summed E-state index contributed by atoms with van der Waals surface area (Å²) in [5.41, 5.74) is 7.91. The first kappa shape index (κ1) is 14.5. The number of nitro benzene ring substituents is 1. The summed E-state index contributed by atoms with van der Waals surface area (Å²) >= 11 is 0. The topological polar surface area (TPSA) is 99.3 Å². The Morgan fingerprint density at radius 2 is 1.96 bits per heavy atom.